The van der Waals surface area contributed by atoms with E-state index >= 15 is 0 Å². The molecule has 0 unspecified atom stereocenters. The van der Waals surface area contributed by atoms with E-state index < -0.39 is 0 Å². The summed E-state index contributed by atoms with van der Waals surface area (Å²) in [7, 11) is 1.44. The number of nitrogens with zero attached hydrogens (tertiary/aromatic N) is 1. The molecule has 3 amide bonds. The van der Waals surface area contributed by atoms with E-state index in [4.69, 9.17) is 4.74 Å². The second-order valence-electron chi connectivity index (χ2n) is 7.63. The van der Waals surface area contributed by atoms with E-state index in [0.29, 0.717) is 23.8 Å². The van der Waals surface area contributed by atoms with Crippen LogP contribution in [-0.2, 0) is 6.54 Å². The van der Waals surface area contributed by atoms with Crippen molar-refractivity contribution in [2.24, 2.45) is 0 Å². The molecule has 0 spiro atoms. The van der Waals surface area contributed by atoms with E-state index in [-0.39, 0.29) is 23.3 Å². The van der Waals surface area contributed by atoms with Gasteiger partial charge in [-0.25, -0.2) is 0 Å². The lowest BCUT2D eigenvalue weighted by atomic mass is 9.98. The minimum Gasteiger partial charge on any atom is -0.490 e. The quantitative estimate of drug-likeness (QED) is 0.790. The average Bonchev–Trinajstić information content (AvgIpc) is 2.97. The van der Waals surface area contributed by atoms with Gasteiger partial charge in [0.1, 0.15) is 5.75 Å². The van der Waals surface area contributed by atoms with Gasteiger partial charge in [0.05, 0.1) is 17.2 Å². The molecular formula is C23H24N2O4. The Hall–Kier alpha value is -3.15. The molecule has 1 saturated carbocycles. The normalized spacial score (nSPS) is 16.7. The number of benzene rings is 2. The first kappa shape index (κ1) is 19.2. The van der Waals surface area contributed by atoms with Gasteiger partial charge in [-0.15, -0.1) is 0 Å². The van der Waals surface area contributed by atoms with E-state index in [2.05, 4.69) is 5.32 Å². The van der Waals surface area contributed by atoms with Crippen molar-refractivity contribution in [1.82, 2.24) is 10.2 Å². The Balaban J connectivity index is 1.35. The number of hydrogen-bond donors (Lipinski definition) is 1. The Labute approximate surface area is 169 Å². The van der Waals surface area contributed by atoms with Crippen LogP contribution in [0, 0.1) is 0 Å². The molecule has 1 N–H and O–H groups in total. The van der Waals surface area contributed by atoms with Crippen molar-refractivity contribution in [2.75, 3.05) is 7.05 Å². The fourth-order valence-corrected chi connectivity index (χ4v) is 3.85. The number of amides is 3. The van der Waals surface area contributed by atoms with Crippen LogP contribution >= 0.6 is 0 Å². The second-order valence-corrected chi connectivity index (χ2v) is 7.63. The lowest BCUT2D eigenvalue weighted by molar-refractivity contribution is 0.0693. The predicted molar refractivity (Wildman–Crippen MR) is 108 cm³/mol. The number of nitrogens with one attached hydrogen (secondary N) is 1. The molecule has 4 rings (SSSR count). The first-order chi connectivity index (χ1) is 14.0. The molecule has 1 fully saturated rings. The molecule has 0 saturated heterocycles. The smallest absolute Gasteiger partial charge is 0.261 e. The second kappa shape index (κ2) is 8.07. The maximum atomic E-state index is 12.5. The van der Waals surface area contributed by atoms with E-state index in [0.717, 1.165) is 29.1 Å². The summed E-state index contributed by atoms with van der Waals surface area (Å²) < 4.78 is 6.02. The molecule has 0 bridgehead atoms. The topological polar surface area (TPSA) is 75.7 Å². The highest BCUT2D eigenvalue weighted by molar-refractivity contribution is 6.21. The summed E-state index contributed by atoms with van der Waals surface area (Å²) in [5.74, 6) is -0.149. The van der Waals surface area contributed by atoms with Gasteiger partial charge in [-0.2, -0.15) is 0 Å². The van der Waals surface area contributed by atoms with Gasteiger partial charge in [0.2, 0.25) is 0 Å². The van der Waals surface area contributed by atoms with Gasteiger partial charge in [-0.1, -0.05) is 18.6 Å². The van der Waals surface area contributed by atoms with Crippen LogP contribution in [0.25, 0.3) is 0 Å². The van der Waals surface area contributed by atoms with Crippen LogP contribution in [0.4, 0.5) is 0 Å². The van der Waals surface area contributed by atoms with Crippen LogP contribution in [0.1, 0.15) is 68.7 Å². The molecule has 2 aliphatic rings. The Morgan fingerprint density at radius 2 is 1.69 bits per heavy atom. The molecule has 1 heterocycles. The highest BCUT2D eigenvalue weighted by atomic mass is 16.5. The number of fused-ring (bicyclic) bond motifs is 1. The van der Waals surface area contributed by atoms with Crippen LogP contribution < -0.4 is 10.1 Å². The molecule has 0 atom stereocenters. The average molecular weight is 392 g/mol. The van der Waals surface area contributed by atoms with Gasteiger partial charge in [0, 0.05) is 19.2 Å². The Morgan fingerprint density at radius 3 is 2.41 bits per heavy atom. The summed E-state index contributed by atoms with van der Waals surface area (Å²) in [5.41, 5.74) is 1.93. The van der Waals surface area contributed by atoms with E-state index in [1.165, 1.54) is 38.4 Å². The molecule has 1 aliphatic carbocycles. The van der Waals surface area contributed by atoms with Crippen molar-refractivity contribution in [3.63, 3.8) is 0 Å². The zero-order chi connectivity index (χ0) is 20.4. The number of imide groups is 1. The Kier molecular flexibility index (Phi) is 5.34. The lowest BCUT2D eigenvalue weighted by Gasteiger charge is -2.23. The number of carbonyl (C=O) groups is 3. The van der Waals surface area contributed by atoms with Crippen LogP contribution in [0.15, 0.2) is 42.5 Å². The Morgan fingerprint density at radius 1 is 1.00 bits per heavy atom. The zero-order valence-corrected chi connectivity index (χ0v) is 16.4. The number of carbonyl (C=O) groups excluding carboxylic acids is 3. The first-order valence-corrected chi connectivity index (χ1v) is 10.0. The summed E-state index contributed by atoms with van der Waals surface area (Å²) in [6.07, 6.45) is 6.29. The predicted octanol–water partition coefficient (Wildman–Crippen LogP) is 3.55. The molecule has 2 aromatic rings. The van der Waals surface area contributed by atoms with Crippen LogP contribution in [0.5, 0.6) is 5.75 Å². The highest BCUT2D eigenvalue weighted by Gasteiger charge is 2.33. The molecule has 150 valence electrons. The molecule has 6 heteroatoms. The lowest BCUT2D eigenvalue weighted by Crippen LogP contribution is -2.24. The summed E-state index contributed by atoms with van der Waals surface area (Å²) in [6, 6.07) is 12.3. The third-order valence-corrected chi connectivity index (χ3v) is 5.58. The zero-order valence-electron chi connectivity index (χ0n) is 16.4. The van der Waals surface area contributed by atoms with E-state index in [1.54, 1.807) is 6.07 Å². The number of rotatable bonds is 5. The molecule has 0 radical (unpaired) electrons. The van der Waals surface area contributed by atoms with Gasteiger partial charge < -0.3 is 10.1 Å². The van der Waals surface area contributed by atoms with Crippen LogP contribution in [0.2, 0.25) is 0 Å². The number of hydrogen-bond acceptors (Lipinski definition) is 4. The highest BCUT2D eigenvalue weighted by Crippen LogP contribution is 2.24. The summed E-state index contributed by atoms with van der Waals surface area (Å²) in [4.78, 5) is 37.6. The summed E-state index contributed by atoms with van der Waals surface area (Å²) in [5, 5.41) is 2.85. The van der Waals surface area contributed by atoms with Gasteiger partial charge in [0.25, 0.3) is 17.7 Å². The van der Waals surface area contributed by atoms with Gasteiger partial charge in [-0.3, -0.25) is 19.3 Å². The third kappa shape index (κ3) is 4.01. The van der Waals surface area contributed by atoms with Crippen molar-refractivity contribution in [3.05, 3.63) is 64.7 Å². The molecule has 6 nitrogen and oxygen atoms in total. The van der Waals surface area contributed by atoms with E-state index in [9.17, 15) is 14.4 Å². The Bertz CT molecular complexity index is 946. The maximum Gasteiger partial charge on any atom is 0.261 e. The van der Waals surface area contributed by atoms with Crippen molar-refractivity contribution in [2.45, 2.75) is 44.8 Å². The minimum absolute atomic E-state index is 0.273. The van der Waals surface area contributed by atoms with Crippen molar-refractivity contribution in [3.8, 4) is 5.75 Å². The standard InChI is InChI=1S/C23H24N2O4/c1-25-22(27)19-12-9-16(13-20(19)23(25)28)21(26)24-14-15-7-10-18(11-8-15)29-17-5-3-2-4-6-17/h7-13,17H,2-6,14H2,1H3,(H,24,26). The molecule has 2 aromatic carbocycles. The van der Waals surface area contributed by atoms with Gasteiger partial charge >= 0.3 is 0 Å². The first-order valence-electron chi connectivity index (χ1n) is 10.0. The third-order valence-electron chi connectivity index (χ3n) is 5.58. The summed E-state index contributed by atoms with van der Waals surface area (Å²) >= 11 is 0. The van der Waals surface area contributed by atoms with Crippen molar-refractivity contribution >= 4 is 17.7 Å². The maximum absolute atomic E-state index is 12.5. The van der Waals surface area contributed by atoms with Crippen LogP contribution in [-0.4, -0.2) is 35.8 Å². The SMILES string of the molecule is CN1C(=O)c2ccc(C(=O)NCc3ccc(OC4CCCCC4)cc3)cc2C1=O. The van der Waals surface area contributed by atoms with Gasteiger partial charge in [-0.05, 0) is 61.6 Å². The van der Waals surface area contributed by atoms with E-state index in [1.807, 2.05) is 24.3 Å². The fourth-order valence-electron chi connectivity index (χ4n) is 3.85. The molecule has 1 aliphatic heterocycles. The summed E-state index contributed by atoms with van der Waals surface area (Å²) in [6.45, 7) is 0.367. The van der Waals surface area contributed by atoms with Crippen molar-refractivity contribution in [1.29, 1.82) is 0 Å². The minimum atomic E-state index is -0.381. The molecular weight excluding hydrogens is 368 g/mol. The van der Waals surface area contributed by atoms with Crippen molar-refractivity contribution < 1.29 is 19.1 Å². The molecule has 29 heavy (non-hydrogen) atoms. The van der Waals surface area contributed by atoms with Crippen LogP contribution in [0.3, 0.4) is 0 Å². The monoisotopic (exact) mass is 392 g/mol. The van der Waals surface area contributed by atoms with Gasteiger partial charge in [0.15, 0.2) is 0 Å². The number of ether oxygens (including phenoxy) is 1. The fraction of sp³-hybridized carbons (Fsp3) is 0.348. The molecule has 0 aromatic heterocycles. The largest absolute Gasteiger partial charge is 0.490 e.